The average molecular weight is 229 g/mol. The molecule has 3 rings (SSSR count). The van der Waals surface area contributed by atoms with Crippen molar-refractivity contribution in [3.63, 3.8) is 0 Å². The molecular weight excluding hydrogens is 210 g/mol. The molecule has 2 nitrogen and oxygen atoms in total. The lowest BCUT2D eigenvalue weighted by Crippen LogP contribution is -2.36. The van der Waals surface area contributed by atoms with E-state index in [1.165, 1.54) is 17.7 Å². The van der Waals surface area contributed by atoms with Gasteiger partial charge in [-0.3, -0.25) is 4.79 Å². The van der Waals surface area contributed by atoms with Gasteiger partial charge in [0.2, 0.25) is 0 Å². The van der Waals surface area contributed by atoms with E-state index in [4.69, 9.17) is 0 Å². The predicted octanol–water partition coefficient (Wildman–Crippen LogP) is 3.17. The molecule has 0 radical (unpaired) electrons. The van der Waals surface area contributed by atoms with Crippen molar-refractivity contribution in [2.45, 2.75) is 38.5 Å². The van der Waals surface area contributed by atoms with Gasteiger partial charge in [-0.2, -0.15) is 0 Å². The minimum Gasteiger partial charge on any atom is -0.385 e. The standard InChI is InChI=1S/C15H19NO/c17-14-7-3-4-8-15(14)9-10-16-13-6-2-1-5-12(13)11-15/h1-2,5-6,16H,3-4,7-11H2. The minimum atomic E-state index is -0.0577. The number of ketones is 1. The molecule has 1 saturated carbocycles. The van der Waals surface area contributed by atoms with Crippen LogP contribution >= 0.6 is 0 Å². The van der Waals surface area contributed by atoms with Crippen molar-refractivity contribution in [3.8, 4) is 0 Å². The Kier molecular flexibility index (Phi) is 2.65. The Morgan fingerprint density at radius 3 is 2.88 bits per heavy atom. The van der Waals surface area contributed by atoms with Crippen LogP contribution in [-0.2, 0) is 11.2 Å². The SMILES string of the molecule is O=C1CCCCC12CCNc1ccccc1C2. The number of fused-ring (bicyclic) bond motifs is 1. The van der Waals surface area contributed by atoms with Gasteiger partial charge in [0.05, 0.1) is 0 Å². The van der Waals surface area contributed by atoms with Crippen molar-refractivity contribution in [2.75, 3.05) is 11.9 Å². The highest BCUT2D eigenvalue weighted by Crippen LogP contribution is 2.42. The summed E-state index contributed by atoms with van der Waals surface area (Å²) in [5.74, 6) is 0.502. The molecule has 1 aliphatic heterocycles. The highest BCUT2D eigenvalue weighted by Gasteiger charge is 2.40. The summed E-state index contributed by atoms with van der Waals surface area (Å²) in [7, 11) is 0. The van der Waals surface area contributed by atoms with E-state index in [1.54, 1.807) is 0 Å². The summed E-state index contributed by atoms with van der Waals surface area (Å²) >= 11 is 0. The lowest BCUT2D eigenvalue weighted by Gasteiger charge is -2.34. The zero-order valence-electron chi connectivity index (χ0n) is 10.2. The molecule has 1 aliphatic carbocycles. The topological polar surface area (TPSA) is 29.1 Å². The largest absolute Gasteiger partial charge is 0.385 e. The molecule has 0 amide bonds. The monoisotopic (exact) mass is 229 g/mol. The van der Waals surface area contributed by atoms with Gasteiger partial charge in [-0.25, -0.2) is 0 Å². The molecule has 2 heteroatoms. The van der Waals surface area contributed by atoms with Gasteiger partial charge in [0, 0.05) is 24.1 Å². The Bertz CT molecular complexity index is 440. The average Bonchev–Trinajstić information content (AvgIpc) is 2.53. The molecule has 2 aliphatic rings. The predicted molar refractivity (Wildman–Crippen MR) is 69.2 cm³/mol. The summed E-state index contributed by atoms with van der Waals surface area (Å²) < 4.78 is 0. The Morgan fingerprint density at radius 2 is 2.00 bits per heavy atom. The third-order valence-electron chi connectivity index (χ3n) is 4.37. The molecule has 0 aromatic heterocycles. The molecule has 0 saturated heterocycles. The molecule has 1 atom stereocenters. The Hall–Kier alpha value is -1.31. The second-order valence-corrected chi connectivity index (χ2v) is 5.42. The number of nitrogens with one attached hydrogen (secondary N) is 1. The van der Waals surface area contributed by atoms with Gasteiger partial charge in [-0.15, -0.1) is 0 Å². The van der Waals surface area contributed by atoms with Crippen LogP contribution in [0.3, 0.4) is 0 Å². The maximum absolute atomic E-state index is 12.3. The summed E-state index contributed by atoms with van der Waals surface area (Å²) in [6.45, 7) is 0.933. The first kappa shape index (κ1) is 10.8. The van der Waals surface area contributed by atoms with Crippen molar-refractivity contribution in [3.05, 3.63) is 29.8 Å². The number of benzene rings is 1. The molecule has 1 unspecified atom stereocenters. The van der Waals surface area contributed by atoms with Gasteiger partial charge in [0.15, 0.2) is 0 Å². The Balaban J connectivity index is 1.96. The van der Waals surface area contributed by atoms with Crippen LogP contribution < -0.4 is 5.32 Å². The van der Waals surface area contributed by atoms with Crippen LogP contribution in [0.2, 0.25) is 0 Å². The minimum absolute atomic E-state index is 0.0577. The molecule has 1 aromatic carbocycles. The van der Waals surface area contributed by atoms with Crippen LogP contribution in [0.15, 0.2) is 24.3 Å². The normalized spacial score (nSPS) is 28.4. The number of hydrogen-bond acceptors (Lipinski definition) is 2. The number of carbonyl (C=O) groups excluding carboxylic acids is 1. The van der Waals surface area contributed by atoms with Crippen molar-refractivity contribution in [2.24, 2.45) is 5.41 Å². The van der Waals surface area contributed by atoms with Crippen LogP contribution in [-0.4, -0.2) is 12.3 Å². The van der Waals surface area contributed by atoms with Gasteiger partial charge < -0.3 is 5.32 Å². The third-order valence-corrected chi connectivity index (χ3v) is 4.37. The van der Waals surface area contributed by atoms with Crippen LogP contribution in [0.1, 0.15) is 37.7 Å². The molecule has 0 bridgehead atoms. The number of hydrogen-bond donors (Lipinski definition) is 1. The lowest BCUT2D eigenvalue weighted by atomic mass is 9.68. The second-order valence-electron chi connectivity index (χ2n) is 5.42. The van der Waals surface area contributed by atoms with E-state index in [9.17, 15) is 4.79 Å². The van der Waals surface area contributed by atoms with E-state index in [2.05, 4.69) is 29.6 Å². The van der Waals surface area contributed by atoms with Gasteiger partial charge in [0.25, 0.3) is 0 Å². The quantitative estimate of drug-likeness (QED) is 0.740. The summed E-state index contributed by atoms with van der Waals surface area (Å²) in [5, 5.41) is 3.47. The lowest BCUT2D eigenvalue weighted by molar-refractivity contribution is -0.131. The van der Waals surface area contributed by atoms with Crippen LogP contribution in [0.25, 0.3) is 0 Å². The Labute approximate surface area is 102 Å². The summed E-state index contributed by atoms with van der Waals surface area (Å²) in [4.78, 5) is 12.3. The smallest absolute Gasteiger partial charge is 0.139 e. The number of para-hydroxylation sites is 1. The van der Waals surface area contributed by atoms with Gasteiger partial charge in [0.1, 0.15) is 5.78 Å². The first-order valence-electron chi connectivity index (χ1n) is 6.65. The van der Waals surface area contributed by atoms with E-state index in [1.807, 2.05) is 0 Å². The van der Waals surface area contributed by atoms with Crippen molar-refractivity contribution >= 4 is 11.5 Å². The van der Waals surface area contributed by atoms with E-state index >= 15 is 0 Å². The third kappa shape index (κ3) is 1.86. The fourth-order valence-electron chi connectivity index (χ4n) is 3.34. The van der Waals surface area contributed by atoms with E-state index in [-0.39, 0.29) is 5.41 Å². The van der Waals surface area contributed by atoms with Crippen LogP contribution in [0, 0.1) is 5.41 Å². The summed E-state index contributed by atoms with van der Waals surface area (Å²) in [6, 6.07) is 8.43. The van der Waals surface area contributed by atoms with Crippen LogP contribution in [0.5, 0.6) is 0 Å². The van der Waals surface area contributed by atoms with Crippen molar-refractivity contribution in [1.82, 2.24) is 0 Å². The van der Waals surface area contributed by atoms with Gasteiger partial charge in [-0.05, 0) is 37.3 Å². The zero-order valence-corrected chi connectivity index (χ0v) is 10.2. The molecule has 90 valence electrons. The molecule has 1 aromatic rings. The summed E-state index contributed by atoms with van der Waals surface area (Å²) in [6.07, 6.45) is 6.13. The molecule has 1 heterocycles. The first-order valence-corrected chi connectivity index (χ1v) is 6.65. The van der Waals surface area contributed by atoms with E-state index in [0.717, 1.165) is 38.6 Å². The number of carbonyl (C=O) groups is 1. The van der Waals surface area contributed by atoms with Crippen molar-refractivity contribution in [1.29, 1.82) is 0 Å². The van der Waals surface area contributed by atoms with Gasteiger partial charge >= 0.3 is 0 Å². The fraction of sp³-hybridized carbons (Fsp3) is 0.533. The molecule has 1 fully saturated rings. The molecular formula is C15H19NO. The molecule has 17 heavy (non-hydrogen) atoms. The van der Waals surface area contributed by atoms with Crippen LogP contribution in [0.4, 0.5) is 5.69 Å². The fourth-order valence-corrected chi connectivity index (χ4v) is 3.34. The molecule has 1 spiro atoms. The Morgan fingerprint density at radius 1 is 1.12 bits per heavy atom. The maximum atomic E-state index is 12.3. The second kappa shape index (κ2) is 4.17. The molecule has 1 N–H and O–H groups in total. The number of anilines is 1. The highest BCUT2D eigenvalue weighted by molar-refractivity contribution is 5.86. The highest BCUT2D eigenvalue weighted by atomic mass is 16.1. The first-order chi connectivity index (χ1) is 8.30. The van der Waals surface area contributed by atoms with E-state index < -0.39 is 0 Å². The maximum Gasteiger partial charge on any atom is 0.139 e. The van der Waals surface area contributed by atoms with Crippen molar-refractivity contribution < 1.29 is 4.79 Å². The number of Topliss-reactive ketones (excluding diaryl/α,β-unsaturated/α-hetero) is 1. The zero-order chi connectivity index (χ0) is 11.7. The van der Waals surface area contributed by atoms with E-state index in [0.29, 0.717) is 5.78 Å². The summed E-state index contributed by atoms with van der Waals surface area (Å²) in [5.41, 5.74) is 2.49. The number of rotatable bonds is 0. The van der Waals surface area contributed by atoms with Gasteiger partial charge in [-0.1, -0.05) is 24.6 Å².